The van der Waals surface area contributed by atoms with Crippen LogP contribution >= 0.6 is 0 Å². The van der Waals surface area contributed by atoms with Crippen LogP contribution in [0.2, 0.25) is 0 Å². The molecule has 1 aliphatic heterocycles. The van der Waals surface area contributed by atoms with Gasteiger partial charge in [-0.25, -0.2) is 0 Å². The van der Waals surface area contributed by atoms with Crippen LogP contribution in [0.25, 0.3) is 0 Å². The molecule has 0 saturated heterocycles. The Bertz CT molecular complexity index is 149. The smallest absolute Gasteiger partial charge is 0.0893 e. The lowest BCUT2D eigenvalue weighted by molar-refractivity contribution is 0.160. The minimum Gasteiger partial charge on any atom is -0.362 e. The van der Waals surface area contributed by atoms with Crippen LogP contribution in [0.4, 0.5) is 0 Å². The van der Waals surface area contributed by atoms with Gasteiger partial charge in [0.2, 0.25) is 0 Å². The van der Waals surface area contributed by atoms with Gasteiger partial charge in [-0.1, -0.05) is 0 Å². The zero-order valence-electron chi connectivity index (χ0n) is 6.45. The third-order valence-corrected chi connectivity index (χ3v) is 2.44. The van der Waals surface area contributed by atoms with E-state index in [0.717, 1.165) is 12.7 Å². The molecule has 0 radical (unpaired) electrons. The summed E-state index contributed by atoms with van der Waals surface area (Å²) in [5.41, 5.74) is 0. The van der Waals surface area contributed by atoms with Crippen LogP contribution in [0.1, 0.15) is 19.3 Å². The number of rotatable bonds is 1. The highest BCUT2D eigenvalue weighted by atomic mass is 15.3. The highest BCUT2D eigenvalue weighted by Gasteiger charge is 2.24. The highest BCUT2D eigenvalue weighted by molar-refractivity contribution is 4.94. The largest absolute Gasteiger partial charge is 0.362 e. The second-order valence-corrected chi connectivity index (χ2v) is 3.30. The molecular weight excluding hydrogens is 124 g/mol. The molecular formula is C8H14N2. The fourth-order valence-electron chi connectivity index (χ4n) is 1.51. The van der Waals surface area contributed by atoms with Crippen LogP contribution in [0, 0.1) is 0 Å². The van der Waals surface area contributed by atoms with Crippen molar-refractivity contribution in [3.05, 3.63) is 12.4 Å². The topological polar surface area (TPSA) is 6.48 Å². The molecule has 0 aromatic rings. The van der Waals surface area contributed by atoms with Gasteiger partial charge in [0, 0.05) is 25.5 Å². The Morgan fingerprint density at radius 3 is 2.50 bits per heavy atom. The first kappa shape index (κ1) is 6.08. The van der Waals surface area contributed by atoms with Crippen LogP contribution < -0.4 is 0 Å². The Hall–Kier alpha value is -0.660. The molecule has 0 aromatic heterocycles. The van der Waals surface area contributed by atoms with E-state index in [9.17, 15) is 0 Å². The van der Waals surface area contributed by atoms with Crippen LogP contribution in [0.5, 0.6) is 0 Å². The molecule has 2 nitrogen and oxygen atoms in total. The Morgan fingerprint density at radius 1 is 1.30 bits per heavy atom. The van der Waals surface area contributed by atoms with Crippen molar-refractivity contribution >= 4 is 0 Å². The maximum atomic E-state index is 2.43. The molecule has 2 rings (SSSR count). The molecule has 0 bridgehead atoms. The van der Waals surface area contributed by atoms with Gasteiger partial charge in [0.1, 0.15) is 0 Å². The molecule has 0 amide bonds. The second-order valence-electron chi connectivity index (χ2n) is 3.30. The Morgan fingerprint density at radius 2 is 2.10 bits per heavy atom. The van der Waals surface area contributed by atoms with Crippen molar-refractivity contribution in [2.75, 3.05) is 13.7 Å². The molecule has 56 valence electrons. The average Bonchev–Trinajstić information content (AvgIpc) is 2.10. The quantitative estimate of drug-likeness (QED) is 0.537. The van der Waals surface area contributed by atoms with E-state index in [1.165, 1.54) is 19.3 Å². The summed E-state index contributed by atoms with van der Waals surface area (Å²) < 4.78 is 0. The van der Waals surface area contributed by atoms with Gasteiger partial charge in [-0.15, -0.1) is 0 Å². The van der Waals surface area contributed by atoms with E-state index in [4.69, 9.17) is 0 Å². The van der Waals surface area contributed by atoms with Crippen molar-refractivity contribution in [2.45, 2.75) is 25.3 Å². The van der Waals surface area contributed by atoms with Crippen molar-refractivity contribution in [3.8, 4) is 0 Å². The molecule has 1 saturated carbocycles. The number of hydrogen-bond donors (Lipinski definition) is 0. The third kappa shape index (κ3) is 0.877. The lowest BCUT2D eigenvalue weighted by Crippen LogP contribution is -2.37. The Kier molecular flexibility index (Phi) is 1.33. The van der Waals surface area contributed by atoms with Gasteiger partial charge in [0.25, 0.3) is 0 Å². The van der Waals surface area contributed by atoms with E-state index < -0.39 is 0 Å². The molecule has 0 spiro atoms. The molecule has 1 aliphatic carbocycles. The fourth-order valence-corrected chi connectivity index (χ4v) is 1.51. The van der Waals surface area contributed by atoms with E-state index >= 15 is 0 Å². The summed E-state index contributed by atoms with van der Waals surface area (Å²) in [6.45, 7) is 1.10. The van der Waals surface area contributed by atoms with Crippen LogP contribution in [0.3, 0.4) is 0 Å². The standard InChI is InChI=1S/C8H14N2/c1-9-5-6-10(7-9)8-3-2-4-8/h5-6,8H,2-4,7H2,1H3. The van der Waals surface area contributed by atoms with Crippen molar-refractivity contribution in [1.82, 2.24) is 9.80 Å². The summed E-state index contributed by atoms with van der Waals surface area (Å²) in [4.78, 5) is 4.65. The SMILES string of the molecule is CN1C=CN(C2CCC2)C1. The molecule has 10 heavy (non-hydrogen) atoms. The minimum atomic E-state index is 0.862. The Balaban J connectivity index is 1.89. The molecule has 1 heterocycles. The Labute approximate surface area is 62.1 Å². The maximum absolute atomic E-state index is 2.43. The summed E-state index contributed by atoms with van der Waals surface area (Å²) >= 11 is 0. The first-order valence-corrected chi connectivity index (χ1v) is 4.00. The maximum Gasteiger partial charge on any atom is 0.0893 e. The van der Waals surface area contributed by atoms with E-state index in [1.807, 2.05) is 0 Å². The average molecular weight is 138 g/mol. The van der Waals surface area contributed by atoms with Crippen LogP contribution in [-0.4, -0.2) is 29.6 Å². The van der Waals surface area contributed by atoms with Crippen LogP contribution in [-0.2, 0) is 0 Å². The van der Waals surface area contributed by atoms with Gasteiger partial charge in [-0.2, -0.15) is 0 Å². The molecule has 2 aliphatic rings. The minimum absolute atomic E-state index is 0.862. The predicted octanol–water partition coefficient (Wildman–Crippen LogP) is 1.22. The first-order chi connectivity index (χ1) is 4.86. The first-order valence-electron chi connectivity index (χ1n) is 4.00. The fraction of sp³-hybridized carbons (Fsp3) is 0.750. The van der Waals surface area contributed by atoms with Gasteiger partial charge in [0.05, 0.1) is 6.67 Å². The summed E-state index contributed by atoms with van der Waals surface area (Å²) in [6.07, 6.45) is 8.59. The van der Waals surface area contributed by atoms with Gasteiger partial charge in [-0.05, 0) is 19.3 Å². The summed E-state index contributed by atoms with van der Waals surface area (Å²) in [5, 5.41) is 0. The lowest BCUT2D eigenvalue weighted by atomic mass is 9.92. The second kappa shape index (κ2) is 2.19. The summed E-state index contributed by atoms with van der Waals surface area (Å²) in [5.74, 6) is 0. The summed E-state index contributed by atoms with van der Waals surface area (Å²) in [7, 11) is 2.12. The van der Waals surface area contributed by atoms with E-state index in [2.05, 4.69) is 29.2 Å². The van der Waals surface area contributed by atoms with Crippen molar-refractivity contribution in [3.63, 3.8) is 0 Å². The highest BCUT2D eigenvalue weighted by Crippen LogP contribution is 2.26. The molecule has 0 unspecified atom stereocenters. The zero-order chi connectivity index (χ0) is 6.97. The number of nitrogens with zero attached hydrogens (tertiary/aromatic N) is 2. The summed E-state index contributed by atoms with van der Waals surface area (Å²) in [6, 6.07) is 0.862. The van der Waals surface area contributed by atoms with Crippen molar-refractivity contribution in [1.29, 1.82) is 0 Å². The van der Waals surface area contributed by atoms with Crippen molar-refractivity contribution < 1.29 is 0 Å². The molecule has 0 aromatic carbocycles. The van der Waals surface area contributed by atoms with E-state index in [0.29, 0.717) is 0 Å². The van der Waals surface area contributed by atoms with E-state index in [1.54, 1.807) is 0 Å². The molecule has 0 N–H and O–H groups in total. The van der Waals surface area contributed by atoms with Crippen molar-refractivity contribution in [2.24, 2.45) is 0 Å². The van der Waals surface area contributed by atoms with Gasteiger partial charge in [0.15, 0.2) is 0 Å². The van der Waals surface area contributed by atoms with E-state index in [-0.39, 0.29) is 0 Å². The lowest BCUT2D eigenvalue weighted by Gasteiger charge is -2.35. The van der Waals surface area contributed by atoms with Gasteiger partial charge in [-0.3, -0.25) is 0 Å². The van der Waals surface area contributed by atoms with Crippen LogP contribution in [0.15, 0.2) is 12.4 Å². The molecule has 1 fully saturated rings. The zero-order valence-corrected chi connectivity index (χ0v) is 6.45. The van der Waals surface area contributed by atoms with Gasteiger partial charge < -0.3 is 9.80 Å². The number of hydrogen-bond acceptors (Lipinski definition) is 2. The predicted molar refractivity (Wildman–Crippen MR) is 41.2 cm³/mol. The molecule has 0 atom stereocenters. The monoisotopic (exact) mass is 138 g/mol. The molecule has 2 heteroatoms. The third-order valence-electron chi connectivity index (χ3n) is 2.44. The normalized spacial score (nSPS) is 25.7. The van der Waals surface area contributed by atoms with Gasteiger partial charge >= 0.3 is 0 Å².